The molecule has 2 aromatic rings. The van der Waals surface area contributed by atoms with Gasteiger partial charge < -0.3 is 10.1 Å². The number of amides is 1. The molecule has 2 aromatic carbocycles. The predicted molar refractivity (Wildman–Crippen MR) is 110 cm³/mol. The van der Waals surface area contributed by atoms with Gasteiger partial charge in [0.05, 0.1) is 13.2 Å². The van der Waals surface area contributed by atoms with Gasteiger partial charge in [0.15, 0.2) is 0 Å². The average Bonchev–Trinajstić information content (AvgIpc) is 2.72. The highest BCUT2D eigenvalue weighted by Gasteiger charge is 2.22. The van der Waals surface area contributed by atoms with Crippen LogP contribution in [0.4, 0.5) is 0 Å². The van der Waals surface area contributed by atoms with Crippen LogP contribution in [0.25, 0.3) is 11.1 Å². The Morgan fingerprint density at radius 3 is 2.26 bits per heavy atom. The van der Waals surface area contributed by atoms with Gasteiger partial charge in [-0.1, -0.05) is 56.3 Å². The third kappa shape index (κ3) is 5.65. The number of carbonyl (C=O) groups excluding carboxylic acids is 1. The van der Waals surface area contributed by atoms with E-state index in [1.165, 1.54) is 0 Å². The van der Waals surface area contributed by atoms with Crippen LogP contribution in [0.15, 0.2) is 54.6 Å². The van der Waals surface area contributed by atoms with Crippen molar-refractivity contribution in [3.8, 4) is 11.1 Å². The van der Waals surface area contributed by atoms with Gasteiger partial charge in [0.1, 0.15) is 0 Å². The highest BCUT2D eigenvalue weighted by atomic mass is 16.5. The molecule has 144 valence electrons. The molecule has 0 radical (unpaired) electrons. The summed E-state index contributed by atoms with van der Waals surface area (Å²) in [6, 6.07) is 18.4. The van der Waals surface area contributed by atoms with Crippen LogP contribution in [0.1, 0.15) is 30.6 Å². The van der Waals surface area contributed by atoms with Crippen molar-refractivity contribution >= 4 is 5.91 Å². The van der Waals surface area contributed by atoms with E-state index in [9.17, 15) is 4.79 Å². The second-order valence-corrected chi connectivity index (χ2v) is 7.59. The van der Waals surface area contributed by atoms with Crippen molar-refractivity contribution in [2.45, 2.75) is 26.3 Å². The van der Waals surface area contributed by atoms with E-state index >= 15 is 0 Å². The number of hydrogen-bond acceptors (Lipinski definition) is 3. The standard InChI is InChI=1S/C23H30N2O2/c1-18(2)16-22(25-12-14-27-15-13-25)17-24-23(26)21-10-8-20(9-11-21)19-6-4-3-5-7-19/h3-11,18,22H,12-17H2,1-2H3,(H,24,26). The normalized spacial score (nSPS) is 16.3. The summed E-state index contributed by atoms with van der Waals surface area (Å²) < 4.78 is 5.47. The van der Waals surface area contributed by atoms with E-state index in [0.29, 0.717) is 24.1 Å². The molecular weight excluding hydrogens is 336 g/mol. The summed E-state index contributed by atoms with van der Waals surface area (Å²) in [6.45, 7) is 8.59. The van der Waals surface area contributed by atoms with Crippen molar-refractivity contribution < 1.29 is 9.53 Å². The molecule has 1 heterocycles. The molecule has 3 rings (SSSR count). The maximum absolute atomic E-state index is 12.6. The highest BCUT2D eigenvalue weighted by molar-refractivity contribution is 5.94. The number of morpholine rings is 1. The molecule has 4 heteroatoms. The molecule has 1 amide bonds. The summed E-state index contributed by atoms with van der Waals surface area (Å²) in [5, 5.41) is 3.14. The van der Waals surface area contributed by atoms with Crippen LogP contribution in [-0.4, -0.2) is 49.7 Å². The molecule has 1 fully saturated rings. The van der Waals surface area contributed by atoms with E-state index in [1.54, 1.807) is 0 Å². The summed E-state index contributed by atoms with van der Waals surface area (Å²) in [7, 11) is 0. The number of ether oxygens (including phenoxy) is 1. The van der Waals surface area contributed by atoms with Gasteiger partial charge in [-0.2, -0.15) is 0 Å². The van der Waals surface area contributed by atoms with Gasteiger partial charge in [-0.05, 0) is 35.6 Å². The Morgan fingerprint density at radius 1 is 1.00 bits per heavy atom. The zero-order chi connectivity index (χ0) is 19.1. The van der Waals surface area contributed by atoms with Crippen LogP contribution in [0, 0.1) is 5.92 Å². The minimum Gasteiger partial charge on any atom is -0.379 e. The van der Waals surface area contributed by atoms with Gasteiger partial charge >= 0.3 is 0 Å². The number of rotatable bonds is 7. The maximum atomic E-state index is 12.6. The first-order valence-corrected chi connectivity index (χ1v) is 9.89. The van der Waals surface area contributed by atoms with E-state index < -0.39 is 0 Å². The van der Waals surface area contributed by atoms with Crippen molar-refractivity contribution in [2.24, 2.45) is 5.92 Å². The fourth-order valence-electron chi connectivity index (χ4n) is 3.61. The van der Waals surface area contributed by atoms with Gasteiger partial charge in [-0.15, -0.1) is 0 Å². The quantitative estimate of drug-likeness (QED) is 0.810. The first kappa shape index (κ1) is 19.6. The minimum atomic E-state index is -0.00312. The number of nitrogens with one attached hydrogen (secondary N) is 1. The van der Waals surface area contributed by atoms with Crippen LogP contribution >= 0.6 is 0 Å². The third-order valence-electron chi connectivity index (χ3n) is 5.06. The summed E-state index contributed by atoms with van der Waals surface area (Å²) in [4.78, 5) is 15.1. The number of hydrogen-bond donors (Lipinski definition) is 1. The summed E-state index contributed by atoms with van der Waals surface area (Å²) in [6.07, 6.45) is 1.08. The van der Waals surface area contributed by atoms with E-state index in [-0.39, 0.29) is 5.91 Å². The Bertz CT molecular complexity index is 707. The van der Waals surface area contributed by atoms with Crippen LogP contribution in [0.2, 0.25) is 0 Å². The predicted octanol–water partition coefficient (Wildman–Crippen LogP) is 3.83. The fraction of sp³-hybridized carbons (Fsp3) is 0.435. The molecule has 0 spiro atoms. The van der Waals surface area contributed by atoms with Crippen molar-refractivity contribution in [3.63, 3.8) is 0 Å². The Labute approximate surface area is 162 Å². The molecule has 0 aromatic heterocycles. The van der Waals surface area contributed by atoms with Crippen LogP contribution in [-0.2, 0) is 4.74 Å². The molecule has 1 aliphatic heterocycles. The fourth-order valence-corrected chi connectivity index (χ4v) is 3.61. The second kappa shape index (κ2) is 9.67. The van der Waals surface area contributed by atoms with Crippen molar-refractivity contribution in [1.29, 1.82) is 0 Å². The molecule has 0 aliphatic carbocycles. The van der Waals surface area contributed by atoms with Crippen LogP contribution in [0.3, 0.4) is 0 Å². The zero-order valence-corrected chi connectivity index (χ0v) is 16.4. The monoisotopic (exact) mass is 366 g/mol. The summed E-state index contributed by atoms with van der Waals surface area (Å²) in [5.41, 5.74) is 2.99. The van der Waals surface area contributed by atoms with Gasteiger partial charge in [-0.3, -0.25) is 9.69 Å². The number of nitrogens with zero attached hydrogens (tertiary/aromatic N) is 1. The Morgan fingerprint density at radius 2 is 1.63 bits per heavy atom. The molecule has 1 N–H and O–H groups in total. The average molecular weight is 367 g/mol. The molecule has 4 nitrogen and oxygen atoms in total. The summed E-state index contributed by atoms with van der Waals surface area (Å²) in [5.74, 6) is 0.594. The third-order valence-corrected chi connectivity index (χ3v) is 5.06. The zero-order valence-electron chi connectivity index (χ0n) is 16.4. The largest absolute Gasteiger partial charge is 0.379 e. The molecular formula is C23H30N2O2. The SMILES string of the molecule is CC(C)CC(CNC(=O)c1ccc(-c2ccccc2)cc1)N1CCOCC1. The number of carbonyl (C=O) groups is 1. The van der Waals surface area contributed by atoms with Crippen LogP contribution in [0.5, 0.6) is 0 Å². The lowest BCUT2D eigenvalue weighted by Crippen LogP contribution is -2.49. The minimum absolute atomic E-state index is 0.00312. The lowest BCUT2D eigenvalue weighted by Gasteiger charge is -2.35. The molecule has 1 atom stereocenters. The Hall–Kier alpha value is -2.17. The smallest absolute Gasteiger partial charge is 0.251 e. The topological polar surface area (TPSA) is 41.6 Å². The molecule has 0 bridgehead atoms. The Kier molecular flexibility index (Phi) is 7.02. The van der Waals surface area contributed by atoms with E-state index in [2.05, 4.69) is 36.2 Å². The second-order valence-electron chi connectivity index (χ2n) is 7.59. The first-order valence-electron chi connectivity index (χ1n) is 9.89. The molecule has 27 heavy (non-hydrogen) atoms. The lowest BCUT2D eigenvalue weighted by atomic mass is 10.0. The molecule has 1 unspecified atom stereocenters. The lowest BCUT2D eigenvalue weighted by molar-refractivity contribution is 0.0124. The van der Waals surface area contributed by atoms with E-state index in [1.807, 2.05) is 42.5 Å². The maximum Gasteiger partial charge on any atom is 0.251 e. The van der Waals surface area contributed by atoms with Crippen molar-refractivity contribution in [3.05, 3.63) is 60.2 Å². The van der Waals surface area contributed by atoms with Gasteiger partial charge in [-0.25, -0.2) is 0 Å². The number of benzene rings is 2. The summed E-state index contributed by atoms with van der Waals surface area (Å²) >= 11 is 0. The highest BCUT2D eigenvalue weighted by Crippen LogP contribution is 2.19. The first-order chi connectivity index (χ1) is 13.1. The molecule has 1 aliphatic rings. The van der Waals surface area contributed by atoms with Gasteiger partial charge in [0.2, 0.25) is 0 Å². The van der Waals surface area contributed by atoms with E-state index in [0.717, 1.165) is 43.9 Å². The van der Waals surface area contributed by atoms with Crippen molar-refractivity contribution in [2.75, 3.05) is 32.8 Å². The molecule has 1 saturated heterocycles. The van der Waals surface area contributed by atoms with E-state index in [4.69, 9.17) is 4.74 Å². The Balaban J connectivity index is 1.59. The van der Waals surface area contributed by atoms with Crippen LogP contribution < -0.4 is 5.32 Å². The van der Waals surface area contributed by atoms with Crippen molar-refractivity contribution in [1.82, 2.24) is 10.2 Å². The molecule has 0 saturated carbocycles. The van der Waals surface area contributed by atoms with Gasteiger partial charge in [0, 0.05) is 31.2 Å². The van der Waals surface area contributed by atoms with Gasteiger partial charge in [0.25, 0.3) is 5.91 Å².